The number of amides is 1. The molecule has 0 radical (unpaired) electrons. The summed E-state index contributed by atoms with van der Waals surface area (Å²) in [5, 5.41) is 16.6. The van der Waals surface area contributed by atoms with Gasteiger partial charge >= 0.3 is 6.09 Å². The molecule has 1 saturated carbocycles. The van der Waals surface area contributed by atoms with Crippen molar-refractivity contribution in [1.29, 1.82) is 5.26 Å². The van der Waals surface area contributed by atoms with E-state index < -0.39 is 0 Å². The number of carbonyl (C=O) groups is 1. The van der Waals surface area contributed by atoms with Crippen LogP contribution < -0.4 is 15.5 Å². The second-order valence-electron chi connectivity index (χ2n) is 8.96. The van der Waals surface area contributed by atoms with E-state index in [1.165, 1.54) is 6.42 Å². The van der Waals surface area contributed by atoms with Gasteiger partial charge in [-0.15, -0.1) is 0 Å². The van der Waals surface area contributed by atoms with E-state index in [-0.39, 0.29) is 24.8 Å². The number of carbonyl (C=O) groups excluding carboxylic acids is 1. The topological polar surface area (TPSA) is 77.4 Å². The van der Waals surface area contributed by atoms with Crippen molar-refractivity contribution in [1.82, 2.24) is 10.6 Å². The van der Waals surface area contributed by atoms with Crippen LogP contribution >= 0.6 is 11.6 Å². The lowest BCUT2D eigenvalue weighted by atomic mass is 9.89. The number of halogens is 1. The highest BCUT2D eigenvalue weighted by Gasteiger charge is 2.30. The van der Waals surface area contributed by atoms with Gasteiger partial charge in [0, 0.05) is 41.9 Å². The first-order valence-electron chi connectivity index (χ1n) is 11.8. The highest BCUT2D eigenvalue weighted by Crippen LogP contribution is 2.24. The lowest BCUT2D eigenvalue weighted by molar-refractivity contribution is 0.128. The van der Waals surface area contributed by atoms with Crippen LogP contribution in [0.1, 0.15) is 49.7 Å². The van der Waals surface area contributed by atoms with Crippen LogP contribution in [0, 0.1) is 11.3 Å². The van der Waals surface area contributed by atoms with Gasteiger partial charge in [0.15, 0.2) is 0 Å². The molecule has 0 unspecified atom stereocenters. The Morgan fingerprint density at radius 3 is 2.64 bits per heavy atom. The van der Waals surface area contributed by atoms with Crippen molar-refractivity contribution >= 4 is 23.4 Å². The Hall–Kier alpha value is -2.75. The van der Waals surface area contributed by atoms with Gasteiger partial charge < -0.3 is 20.3 Å². The van der Waals surface area contributed by atoms with E-state index in [9.17, 15) is 4.79 Å². The van der Waals surface area contributed by atoms with Crippen molar-refractivity contribution in [2.45, 2.75) is 63.3 Å². The SMILES string of the molecule is N#Cc1ccc(N2CCC[C@H](N[C@@H]3CCCC[C@H]3NC(=O)OCc3cccc(Cl)c3)C2)cc1. The molecule has 0 spiro atoms. The summed E-state index contributed by atoms with van der Waals surface area (Å²) in [6.45, 7) is 2.15. The van der Waals surface area contributed by atoms with Crippen molar-refractivity contribution in [3.63, 3.8) is 0 Å². The quantitative estimate of drug-likeness (QED) is 0.625. The Labute approximate surface area is 200 Å². The molecular formula is C26H31ClN4O2. The second kappa shape index (κ2) is 11.4. The summed E-state index contributed by atoms with van der Waals surface area (Å²) < 4.78 is 5.45. The fraction of sp³-hybridized carbons (Fsp3) is 0.462. The van der Waals surface area contributed by atoms with E-state index in [0.29, 0.717) is 16.6 Å². The van der Waals surface area contributed by atoms with Gasteiger partial charge in [-0.2, -0.15) is 5.26 Å². The molecule has 2 aliphatic rings. The number of piperidine rings is 1. The molecule has 2 fully saturated rings. The summed E-state index contributed by atoms with van der Waals surface area (Å²) >= 11 is 6.01. The van der Waals surface area contributed by atoms with Crippen molar-refractivity contribution in [2.24, 2.45) is 0 Å². The Kier molecular flexibility index (Phi) is 8.09. The molecular weight excluding hydrogens is 436 g/mol. The molecule has 1 amide bonds. The zero-order chi connectivity index (χ0) is 23.0. The minimum Gasteiger partial charge on any atom is -0.445 e. The van der Waals surface area contributed by atoms with Crippen LogP contribution in [-0.4, -0.2) is 37.3 Å². The minimum absolute atomic E-state index is 0.0656. The zero-order valence-electron chi connectivity index (χ0n) is 18.8. The highest BCUT2D eigenvalue weighted by molar-refractivity contribution is 6.30. The number of anilines is 1. The Morgan fingerprint density at radius 2 is 1.88 bits per heavy atom. The van der Waals surface area contributed by atoms with Crippen LogP contribution in [0.5, 0.6) is 0 Å². The van der Waals surface area contributed by atoms with Crippen LogP contribution in [0.25, 0.3) is 0 Å². The molecule has 1 aliphatic heterocycles. The summed E-state index contributed by atoms with van der Waals surface area (Å²) in [6.07, 6.45) is 6.14. The average molecular weight is 467 g/mol. The van der Waals surface area contributed by atoms with Crippen LogP contribution in [-0.2, 0) is 11.3 Å². The average Bonchev–Trinajstić information content (AvgIpc) is 2.84. The maximum Gasteiger partial charge on any atom is 0.407 e. The number of benzene rings is 2. The summed E-state index contributed by atoms with van der Waals surface area (Å²) in [5.74, 6) is 0. The van der Waals surface area contributed by atoms with Crippen molar-refractivity contribution in [3.8, 4) is 6.07 Å². The van der Waals surface area contributed by atoms with Gasteiger partial charge in [0.25, 0.3) is 0 Å². The highest BCUT2D eigenvalue weighted by atomic mass is 35.5. The number of alkyl carbamates (subject to hydrolysis) is 1. The maximum absolute atomic E-state index is 12.5. The fourth-order valence-corrected chi connectivity index (χ4v) is 5.08. The largest absolute Gasteiger partial charge is 0.445 e. The van der Waals surface area contributed by atoms with E-state index in [4.69, 9.17) is 21.6 Å². The molecule has 174 valence electrons. The lowest BCUT2D eigenvalue weighted by Gasteiger charge is -2.40. The molecule has 0 aromatic heterocycles. The molecule has 4 rings (SSSR count). The Morgan fingerprint density at radius 1 is 1.09 bits per heavy atom. The number of ether oxygens (including phenoxy) is 1. The van der Waals surface area contributed by atoms with Crippen LogP contribution in [0.15, 0.2) is 48.5 Å². The molecule has 2 N–H and O–H groups in total. The van der Waals surface area contributed by atoms with E-state index in [1.807, 2.05) is 42.5 Å². The molecule has 2 aromatic rings. The fourth-order valence-electron chi connectivity index (χ4n) is 4.87. The van der Waals surface area contributed by atoms with Crippen LogP contribution in [0.2, 0.25) is 5.02 Å². The third kappa shape index (κ3) is 6.63. The molecule has 0 bridgehead atoms. The summed E-state index contributed by atoms with van der Waals surface area (Å²) in [6, 6.07) is 18.0. The van der Waals surface area contributed by atoms with Gasteiger partial charge in [0.2, 0.25) is 0 Å². The Balaban J connectivity index is 1.30. The van der Waals surface area contributed by atoms with E-state index in [0.717, 1.165) is 56.4 Å². The number of nitriles is 1. The molecule has 1 aliphatic carbocycles. The predicted octanol–water partition coefficient (Wildman–Crippen LogP) is 5.01. The predicted molar refractivity (Wildman–Crippen MR) is 130 cm³/mol. The van der Waals surface area contributed by atoms with Crippen LogP contribution in [0.4, 0.5) is 10.5 Å². The van der Waals surface area contributed by atoms with Gasteiger partial charge in [-0.3, -0.25) is 0 Å². The van der Waals surface area contributed by atoms with E-state index >= 15 is 0 Å². The molecule has 6 nitrogen and oxygen atoms in total. The number of nitrogens with one attached hydrogen (secondary N) is 2. The maximum atomic E-state index is 12.5. The van der Waals surface area contributed by atoms with E-state index in [1.54, 1.807) is 6.07 Å². The summed E-state index contributed by atoms with van der Waals surface area (Å²) in [7, 11) is 0. The standard InChI is InChI=1S/C26H31ClN4O2/c27-21-6-3-5-20(15-21)18-33-26(32)30-25-9-2-1-8-24(25)29-22-7-4-14-31(17-22)23-12-10-19(16-28)11-13-23/h3,5-6,10-13,15,22,24-25,29H,1-2,4,7-9,14,17-18H2,(H,30,32)/t22-,24+,25+/m0/s1. The van der Waals surface area contributed by atoms with Gasteiger partial charge in [0.1, 0.15) is 6.61 Å². The Bertz CT molecular complexity index is 975. The first kappa shape index (κ1) is 23.4. The number of hydrogen-bond acceptors (Lipinski definition) is 5. The normalized spacial score (nSPS) is 22.9. The van der Waals surface area contributed by atoms with Gasteiger partial charge in [-0.1, -0.05) is 36.6 Å². The molecule has 1 saturated heterocycles. The molecule has 33 heavy (non-hydrogen) atoms. The summed E-state index contributed by atoms with van der Waals surface area (Å²) in [4.78, 5) is 14.9. The number of hydrogen-bond donors (Lipinski definition) is 2. The first-order chi connectivity index (χ1) is 16.1. The number of rotatable bonds is 6. The second-order valence-corrected chi connectivity index (χ2v) is 9.39. The number of nitrogens with zero attached hydrogens (tertiary/aromatic N) is 2. The third-order valence-corrected chi connectivity index (χ3v) is 6.80. The summed E-state index contributed by atoms with van der Waals surface area (Å²) in [5.41, 5.74) is 2.72. The van der Waals surface area contributed by atoms with Crippen LogP contribution in [0.3, 0.4) is 0 Å². The molecule has 1 heterocycles. The van der Waals surface area contributed by atoms with Crippen molar-refractivity contribution in [2.75, 3.05) is 18.0 Å². The van der Waals surface area contributed by atoms with Gasteiger partial charge in [-0.05, 0) is 67.6 Å². The lowest BCUT2D eigenvalue weighted by Crippen LogP contribution is -2.57. The molecule has 7 heteroatoms. The monoisotopic (exact) mass is 466 g/mol. The smallest absolute Gasteiger partial charge is 0.407 e. The third-order valence-electron chi connectivity index (χ3n) is 6.56. The van der Waals surface area contributed by atoms with E-state index in [2.05, 4.69) is 21.6 Å². The molecule has 2 aromatic carbocycles. The zero-order valence-corrected chi connectivity index (χ0v) is 19.6. The molecule has 3 atom stereocenters. The van der Waals surface area contributed by atoms with Gasteiger partial charge in [-0.25, -0.2) is 4.79 Å². The van der Waals surface area contributed by atoms with Crippen molar-refractivity contribution < 1.29 is 9.53 Å². The minimum atomic E-state index is -0.378. The van der Waals surface area contributed by atoms with Gasteiger partial charge in [0.05, 0.1) is 11.6 Å². The van der Waals surface area contributed by atoms with Crippen molar-refractivity contribution in [3.05, 3.63) is 64.7 Å². The first-order valence-corrected chi connectivity index (χ1v) is 12.2.